The van der Waals surface area contributed by atoms with Crippen LogP contribution in [0.15, 0.2) is 0 Å². The molecule has 0 spiro atoms. The number of Topliss-reactive ketones (excluding diaryl/α,β-unsaturated/α-hetero) is 1. The summed E-state index contributed by atoms with van der Waals surface area (Å²) in [6.45, 7) is 21.8. The van der Waals surface area contributed by atoms with Gasteiger partial charge in [-0.05, 0) is 47.0 Å². The van der Waals surface area contributed by atoms with Crippen LogP contribution in [0.4, 0.5) is 0 Å². The zero-order valence-corrected chi connectivity index (χ0v) is 18.1. The molecule has 0 atom stereocenters. The Morgan fingerprint density at radius 3 is 1.83 bits per heavy atom. The topological polar surface area (TPSA) is 55.4 Å². The molecule has 1 amide bonds. The summed E-state index contributed by atoms with van der Waals surface area (Å²) in [4.78, 5) is 23.0. The number of ketones is 1. The SMILES string of the molecule is CC.CC.CC(=O)CC(C)(C)OCC(C)(C)NC(=O)CCC(C)C. The highest BCUT2D eigenvalue weighted by atomic mass is 16.5. The Morgan fingerprint density at radius 1 is 1.00 bits per heavy atom. The molecule has 0 aromatic heterocycles. The molecule has 1 N–H and O–H groups in total. The van der Waals surface area contributed by atoms with Crippen molar-refractivity contribution in [3.8, 4) is 0 Å². The maximum atomic E-state index is 11.8. The number of amides is 1. The molecule has 0 heterocycles. The number of ether oxygens (including phenoxy) is 1. The van der Waals surface area contributed by atoms with Crippen LogP contribution >= 0.6 is 0 Å². The first-order valence-corrected chi connectivity index (χ1v) is 9.38. The van der Waals surface area contributed by atoms with Gasteiger partial charge in [0.25, 0.3) is 0 Å². The molecule has 146 valence electrons. The standard InChI is InChI=1S/C16H31NO3.2C2H6/c1-12(2)8-9-14(19)17-15(4,5)11-20-16(6,7)10-13(3)18;2*1-2/h12H,8-11H2,1-7H3,(H,17,19);2*1-2H3. The van der Waals surface area contributed by atoms with E-state index in [1.807, 2.05) is 55.4 Å². The summed E-state index contributed by atoms with van der Waals surface area (Å²) >= 11 is 0. The Morgan fingerprint density at radius 2 is 1.46 bits per heavy atom. The van der Waals surface area contributed by atoms with Crippen LogP contribution in [-0.2, 0) is 14.3 Å². The molecule has 0 saturated carbocycles. The second-order valence-electron chi connectivity index (χ2n) is 7.29. The van der Waals surface area contributed by atoms with Gasteiger partial charge in [-0.15, -0.1) is 0 Å². The summed E-state index contributed by atoms with van der Waals surface area (Å²) < 4.78 is 5.80. The van der Waals surface area contributed by atoms with E-state index in [0.29, 0.717) is 25.4 Å². The summed E-state index contributed by atoms with van der Waals surface area (Å²) in [6, 6.07) is 0. The van der Waals surface area contributed by atoms with Crippen LogP contribution in [0.2, 0.25) is 0 Å². The first-order valence-electron chi connectivity index (χ1n) is 9.38. The van der Waals surface area contributed by atoms with Crippen LogP contribution in [0, 0.1) is 5.92 Å². The van der Waals surface area contributed by atoms with Crippen molar-refractivity contribution in [3.05, 3.63) is 0 Å². The van der Waals surface area contributed by atoms with Crippen LogP contribution in [0.1, 0.15) is 95.4 Å². The Balaban J connectivity index is -0.00000102. The lowest BCUT2D eigenvalue weighted by molar-refractivity contribution is -0.129. The van der Waals surface area contributed by atoms with Crippen molar-refractivity contribution < 1.29 is 14.3 Å². The molecular weight excluding hydrogens is 302 g/mol. The Bertz CT molecular complexity index is 334. The molecule has 0 rings (SSSR count). The number of hydrogen-bond donors (Lipinski definition) is 1. The van der Waals surface area contributed by atoms with Crippen molar-refractivity contribution in [1.29, 1.82) is 0 Å². The first-order chi connectivity index (χ1) is 10.9. The van der Waals surface area contributed by atoms with Crippen LogP contribution in [0.25, 0.3) is 0 Å². The molecule has 0 aliphatic rings. The minimum absolute atomic E-state index is 0.0525. The van der Waals surface area contributed by atoms with Gasteiger partial charge in [0.1, 0.15) is 5.78 Å². The highest BCUT2D eigenvalue weighted by Crippen LogP contribution is 2.18. The molecule has 0 aromatic rings. The smallest absolute Gasteiger partial charge is 0.220 e. The zero-order valence-electron chi connectivity index (χ0n) is 18.1. The van der Waals surface area contributed by atoms with E-state index in [-0.39, 0.29) is 11.7 Å². The molecule has 0 aliphatic carbocycles. The van der Waals surface area contributed by atoms with Crippen molar-refractivity contribution in [3.63, 3.8) is 0 Å². The molecule has 4 heteroatoms. The molecule has 4 nitrogen and oxygen atoms in total. The van der Waals surface area contributed by atoms with E-state index < -0.39 is 11.1 Å². The second kappa shape index (κ2) is 14.4. The van der Waals surface area contributed by atoms with E-state index >= 15 is 0 Å². The summed E-state index contributed by atoms with van der Waals surface area (Å²) in [5, 5.41) is 2.99. The minimum Gasteiger partial charge on any atom is -0.373 e. The fourth-order valence-corrected chi connectivity index (χ4v) is 1.92. The lowest BCUT2D eigenvalue weighted by Crippen LogP contribution is -2.48. The predicted molar refractivity (Wildman–Crippen MR) is 104 cm³/mol. The fourth-order valence-electron chi connectivity index (χ4n) is 1.92. The summed E-state index contributed by atoms with van der Waals surface area (Å²) in [5.41, 5.74) is -0.923. The highest BCUT2D eigenvalue weighted by Gasteiger charge is 2.27. The van der Waals surface area contributed by atoms with Crippen LogP contribution in [-0.4, -0.2) is 29.4 Å². The maximum Gasteiger partial charge on any atom is 0.220 e. The van der Waals surface area contributed by atoms with E-state index in [9.17, 15) is 9.59 Å². The van der Waals surface area contributed by atoms with Crippen molar-refractivity contribution in [1.82, 2.24) is 5.32 Å². The first kappa shape index (κ1) is 27.9. The van der Waals surface area contributed by atoms with Gasteiger partial charge in [-0.3, -0.25) is 9.59 Å². The lowest BCUT2D eigenvalue weighted by atomic mass is 10.0. The van der Waals surface area contributed by atoms with E-state index in [2.05, 4.69) is 19.2 Å². The molecular formula is C20H43NO3. The van der Waals surface area contributed by atoms with Gasteiger partial charge in [0.15, 0.2) is 0 Å². The average molecular weight is 346 g/mol. The van der Waals surface area contributed by atoms with Crippen molar-refractivity contribution in [2.24, 2.45) is 5.92 Å². The molecule has 0 fully saturated rings. The lowest BCUT2D eigenvalue weighted by Gasteiger charge is -2.32. The summed E-state index contributed by atoms with van der Waals surface area (Å²) in [5.74, 6) is 0.681. The molecule has 0 saturated heterocycles. The monoisotopic (exact) mass is 345 g/mol. The number of hydrogen-bond acceptors (Lipinski definition) is 3. The summed E-state index contributed by atoms with van der Waals surface area (Å²) in [7, 11) is 0. The van der Waals surface area contributed by atoms with Gasteiger partial charge < -0.3 is 10.1 Å². The molecule has 0 radical (unpaired) electrons. The van der Waals surface area contributed by atoms with Crippen molar-refractivity contribution >= 4 is 11.7 Å². The predicted octanol–water partition coefficient (Wildman–Crippen LogP) is 5.14. The number of carbonyl (C=O) groups is 2. The fraction of sp³-hybridized carbons (Fsp3) is 0.900. The minimum atomic E-state index is -0.494. The second-order valence-corrected chi connectivity index (χ2v) is 7.29. The van der Waals surface area contributed by atoms with Gasteiger partial charge in [0.05, 0.1) is 17.7 Å². The number of nitrogens with one attached hydrogen (secondary N) is 1. The number of carbonyl (C=O) groups excluding carboxylic acids is 2. The van der Waals surface area contributed by atoms with Gasteiger partial charge in [-0.1, -0.05) is 41.5 Å². The summed E-state index contributed by atoms with van der Waals surface area (Å²) in [6.07, 6.45) is 1.81. The van der Waals surface area contributed by atoms with Crippen LogP contribution in [0.5, 0.6) is 0 Å². The van der Waals surface area contributed by atoms with E-state index in [1.54, 1.807) is 6.92 Å². The molecule has 24 heavy (non-hydrogen) atoms. The van der Waals surface area contributed by atoms with Crippen molar-refractivity contribution in [2.45, 2.75) is 107 Å². The molecule has 0 bridgehead atoms. The third kappa shape index (κ3) is 19.1. The van der Waals surface area contributed by atoms with Gasteiger partial charge in [-0.25, -0.2) is 0 Å². The molecule has 0 aromatic carbocycles. The van der Waals surface area contributed by atoms with E-state index in [1.165, 1.54) is 0 Å². The zero-order chi connectivity index (χ0) is 20.0. The Hall–Kier alpha value is -0.900. The quantitative estimate of drug-likeness (QED) is 0.629. The maximum absolute atomic E-state index is 11.8. The molecule has 0 unspecified atom stereocenters. The third-order valence-electron chi connectivity index (χ3n) is 2.92. The van der Waals surface area contributed by atoms with Gasteiger partial charge in [-0.2, -0.15) is 0 Å². The van der Waals surface area contributed by atoms with Gasteiger partial charge in [0.2, 0.25) is 5.91 Å². The van der Waals surface area contributed by atoms with E-state index in [0.717, 1.165) is 6.42 Å². The van der Waals surface area contributed by atoms with Crippen molar-refractivity contribution in [2.75, 3.05) is 6.61 Å². The molecule has 0 aliphatic heterocycles. The largest absolute Gasteiger partial charge is 0.373 e. The third-order valence-corrected chi connectivity index (χ3v) is 2.92. The average Bonchev–Trinajstić information content (AvgIpc) is 2.46. The van der Waals surface area contributed by atoms with E-state index in [4.69, 9.17) is 4.74 Å². The van der Waals surface area contributed by atoms with Gasteiger partial charge in [0, 0.05) is 12.8 Å². The Kier molecular flexibility index (Phi) is 16.8. The normalized spacial score (nSPS) is 11.0. The van der Waals surface area contributed by atoms with Crippen LogP contribution < -0.4 is 5.32 Å². The highest BCUT2D eigenvalue weighted by molar-refractivity contribution is 5.77. The van der Waals surface area contributed by atoms with Crippen LogP contribution in [0.3, 0.4) is 0 Å². The number of rotatable bonds is 9. The van der Waals surface area contributed by atoms with Gasteiger partial charge >= 0.3 is 0 Å². The Labute approximate surface area is 151 Å².